The number of nitrogens with zero attached hydrogens (tertiary/aromatic N) is 1. The molecule has 1 aliphatic heterocycles. The molecule has 1 rings (SSSR count). The first kappa shape index (κ1) is 16.9. The first-order valence-corrected chi connectivity index (χ1v) is 8.17. The molecule has 1 saturated heterocycles. The number of hydrogen-bond donors (Lipinski definition) is 2. The second-order valence-corrected chi connectivity index (χ2v) is 6.73. The fourth-order valence-corrected chi connectivity index (χ4v) is 3.10. The molecule has 1 unspecified atom stereocenters. The molecule has 0 radical (unpaired) electrons. The van der Waals surface area contributed by atoms with Crippen LogP contribution in [0.4, 0.5) is 0 Å². The van der Waals surface area contributed by atoms with E-state index in [2.05, 4.69) is 31.0 Å². The first-order chi connectivity index (χ1) is 9.06. The van der Waals surface area contributed by atoms with Crippen molar-refractivity contribution in [2.45, 2.75) is 77.3 Å². The predicted octanol–water partition coefficient (Wildman–Crippen LogP) is 2.78. The van der Waals surface area contributed by atoms with Gasteiger partial charge in [-0.3, -0.25) is 0 Å². The van der Waals surface area contributed by atoms with Crippen molar-refractivity contribution in [2.75, 3.05) is 26.2 Å². The Kier molecular flexibility index (Phi) is 7.96. The highest BCUT2D eigenvalue weighted by Crippen LogP contribution is 2.16. The number of unbranched alkanes of at least 4 members (excludes halogenated alkanes) is 1. The summed E-state index contributed by atoms with van der Waals surface area (Å²) in [5.74, 6) is 0. The summed E-state index contributed by atoms with van der Waals surface area (Å²) in [5, 5.41) is 13.0. The Hall–Kier alpha value is -0.120. The van der Waals surface area contributed by atoms with Crippen molar-refractivity contribution in [1.29, 1.82) is 0 Å². The molecule has 1 aliphatic rings. The lowest BCUT2D eigenvalue weighted by Crippen LogP contribution is -2.49. The smallest absolute Gasteiger partial charge is 0.0610 e. The Bertz CT molecular complexity index is 225. The zero-order valence-corrected chi connectivity index (χ0v) is 13.2. The molecule has 0 amide bonds. The number of nitrogens with one attached hydrogen (secondary N) is 1. The van der Waals surface area contributed by atoms with Crippen LogP contribution in [0.15, 0.2) is 0 Å². The Morgan fingerprint density at radius 3 is 2.26 bits per heavy atom. The Morgan fingerprint density at radius 1 is 1.11 bits per heavy atom. The van der Waals surface area contributed by atoms with E-state index in [-0.39, 0.29) is 12.1 Å². The van der Waals surface area contributed by atoms with Gasteiger partial charge in [0.15, 0.2) is 0 Å². The van der Waals surface area contributed by atoms with Crippen LogP contribution in [0.5, 0.6) is 0 Å². The van der Waals surface area contributed by atoms with E-state index in [0.717, 1.165) is 6.42 Å². The van der Waals surface area contributed by atoms with Gasteiger partial charge in [-0.15, -0.1) is 0 Å². The van der Waals surface area contributed by atoms with E-state index in [1.54, 1.807) is 0 Å². The summed E-state index contributed by atoms with van der Waals surface area (Å²) in [6.07, 6.45) is 9.11. The summed E-state index contributed by atoms with van der Waals surface area (Å²) in [6, 6.07) is 0.433. The van der Waals surface area contributed by atoms with E-state index in [4.69, 9.17) is 0 Å². The van der Waals surface area contributed by atoms with Crippen molar-refractivity contribution in [2.24, 2.45) is 0 Å². The quantitative estimate of drug-likeness (QED) is 0.666. The summed E-state index contributed by atoms with van der Waals surface area (Å²) in [5.41, 5.74) is -0.104. The maximum Gasteiger partial charge on any atom is 0.0610 e. The minimum absolute atomic E-state index is 0.104. The van der Waals surface area contributed by atoms with Gasteiger partial charge in [-0.05, 0) is 52.2 Å². The first-order valence-electron chi connectivity index (χ1n) is 8.17. The van der Waals surface area contributed by atoms with Crippen LogP contribution in [0.1, 0.15) is 65.7 Å². The number of aliphatic hydroxyl groups excluding tert-OH is 1. The van der Waals surface area contributed by atoms with E-state index in [1.165, 1.54) is 58.2 Å². The largest absolute Gasteiger partial charge is 0.394 e. The molecule has 2 N–H and O–H groups in total. The van der Waals surface area contributed by atoms with Gasteiger partial charge in [-0.2, -0.15) is 0 Å². The van der Waals surface area contributed by atoms with Crippen LogP contribution >= 0.6 is 0 Å². The SMILES string of the molecule is CC(C)NC(C)(CO)CCCCN1CCCCCC1. The van der Waals surface area contributed by atoms with Crippen LogP contribution < -0.4 is 5.32 Å². The molecule has 0 aromatic rings. The molecule has 0 bridgehead atoms. The molecule has 0 aliphatic carbocycles. The number of likely N-dealkylation sites (tertiary alicyclic amines) is 1. The Morgan fingerprint density at radius 2 is 1.74 bits per heavy atom. The third-order valence-corrected chi connectivity index (χ3v) is 4.14. The molecule has 3 nitrogen and oxygen atoms in total. The number of hydrogen-bond acceptors (Lipinski definition) is 3. The van der Waals surface area contributed by atoms with Gasteiger partial charge in [0.1, 0.15) is 0 Å². The monoisotopic (exact) mass is 270 g/mol. The van der Waals surface area contributed by atoms with E-state index < -0.39 is 0 Å². The van der Waals surface area contributed by atoms with Gasteiger partial charge in [0.05, 0.1) is 6.61 Å². The third-order valence-electron chi connectivity index (χ3n) is 4.14. The van der Waals surface area contributed by atoms with Crippen molar-refractivity contribution in [3.8, 4) is 0 Å². The van der Waals surface area contributed by atoms with Gasteiger partial charge in [0.25, 0.3) is 0 Å². The summed E-state index contributed by atoms with van der Waals surface area (Å²) in [7, 11) is 0. The average molecular weight is 270 g/mol. The molecule has 19 heavy (non-hydrogen) atoms. The fraction of sp³-hybridized carbons (Fsp3) is 1.00. The van der Waals surface area contributed by atoms with Crippen LogP contribution in [0, 0.1) is 0 Å². The van der Waals surface area contributed by atoms with E-state index >= 15 is 0 Å². The van der Waals surface area contributed by atoms with Crippen LogP contribution in [-0.2, 0) is 0 Å². The maximum absolute atomic E-state index is 9.55. The van der Waals surface area contributed by atoms with Crippen molar-refractivity contribution < 1.29 is 5.11 Å². The molecule has 0 aromatic carbocycles. The molecule has 114 valence electrons. The highest BCUT2D eigenvalue weighted by Gasteiger charge is 2.23. The van der Waals surface area contributed by atoms with Gasteiger partial charge in [0.2, 0.25) is 0 Å². The lowest BCUT2D eigenvalue weighted by Gasteiger charge is -2.31. The number of aliphatic hydroxyl groups is 1. The minimum Gasteiger partial charge on any atom is -0.394 e. The highest BCUT2D eigenvalue weighted by molar-refractivity contribution is 4.83. The van der Waals surface area contributed by atoms with Gasteiger partial charge in [0, 0.05) is 11.6 Å². The fourth-order valence-electron chi connectivity index (χ4n) is 3.10. The third kappa shape index (κ3) is 7.28. The molecule has 1 atom stereocenters. The highest BCUT2D eigenvalue weighted by atomic mass is 16.3. The van der Waals surface area contributed by atoms with Gasteiger partial charge in [-0.25, -0.2) is 0 Å². The summed E-state index contributed by atoms with van der Waals surface area (Å²) < 4.78 is 0. The average Bonchev–Trinajstić information content (AvgIpc) is 2.62. The van der Waals surface area contributed by atoms with Crippen molar-refractivity contribution in [1.82, 2.24) is 10.2 Å². The molecule has 0 aromatic heterocycles. The Balaban J connectivity index is 2.17. The minimum atomic E-state index is -0.104. The van der Waals surface area contributed by atoms with Crippen LogP contribution in [0.3, 0.4) is 0 Å². The zero-order valence-electron chi connectivity index (χ0n) is 13.2. The second-order valence-electron chi connectivity index (χ2n) is 6.73. The van der Waals surface area contributed by atoms with E-state index in [0.29, 0.717) is 6.04 Å². The molecule has 0 spiro atoms. The van der Waals surface area contributed by atoms with E-state index in [9.17, 15) is 5.11 Å². The van der Waals surface area contributed by atoms with Crippen LogP contribution in [0.2, 0.25) is 0 Å². The molecular weight excluding hydrogens is 236 g/mol. The lowest BCUT2D eigenvalue weighted by atomic mass is 9.94. The summed E-state index contributed by atoms with van der Waals surface area (Å²) in [6.45, 7) is 10.5. The van der Waals surface area contributed by atoms with Gasteiger partial charge in [-0.1, -0.05) is 33.1 Å². The summed E-state index contributed by atoms with van der Waals surface area (Å²) in [4.78, 5) is 2.62. The normalized spacial score (nSPS) is 21.3. The standard InChI is InChI=1S/C16H34N2O/c1-15(2)17-16(3,14-19)10-6-9-13-18-11-7-4-5-8-12-18/h15,17,19H,4-14H2,1-3H3. The molecule has 1 heterocycles. The number of rotatable bonds is 8. The van der Waals surface area contributed by atoms with Gasteiger partial charge < -0.3 is 15.3 Å². The lowest BCUT2D eigenvalue weighted by molar-refractivity contribution is 0.152. The maximum atomic E-state index is 9.55. The van der Waals surface area contributed by atoms with E-state index in [1.807, 2.05) is 0 Å². The second kappa shape index (κ2) is 8.93. The van der Waals surface area contributed by atoms with Crippen molar-refractivity contribution in [3.63, 3.8) is 0 Å². The summed E-state index contributed by atoms with van der Waals surface area (Å²) >= 11 is 0. The molecular formula is C16H34N2O. The molecule has 1 fully saturated rings. The Labute approximate surface area is 119 Å². The predicted molar refractivity (Wildman–Crippen MR) is 82.5 cm³/mol. The van der Waals surface area contributed by atoms with Crippen LogP contribution in [-0.4, -0.2) is 47.8 Å². The van der Waals surface area contributed by atoms with Crippen molar-refractivity contribution in [3.05, 3.63) is 0 Å². The van der Waals surface area contributed by atoms with Crippen molar-refractivity contribution >= 4 is 0 Å². The van der Waals surface area contributed by atoms with Gasteiger partial charge >= 0.3 is 0 Å². The molecule has 3 heteroatoms. The topological polar surface area (TPSA) is 35.5 Å². The zero-order chi connectivity index (χ0) is 14.1. The van der Waals surface area contributed by atoms with Crippen LogP contribution in [0.25, 0.3) is 0 Å². The molecule has 0 saturated carbocycles.